The SMILES string of the molecule is C[C@@H]1CCCC[C@@]12NC(=O)N(CC(=O)OCC(=O)c1ccc3c(c1)OCO3)C2=O. The molecule has 2 aliphatic heterocycles. The van der Waals surface area contributed by atoms with Crippen LogP contribution in [0, 0.1) is 5.92 Å². The first-order valence-electron chi connectivity index (χ1n) is 9.63. The number of ketones is 1. The van der Waals surface area contributed by atoms with Gasteiger partial charge in [-0.3, -0.25) is 19.3 Å². The van der Waals surface area contributed by atoms with Crippen LogP contribution in [0.3, 0.4) is 0 Å². The van der Waals surface area contributed by atoms with Gasteiger partial charge in [-0.2, -0.15) is 0 Å². The van der Waals surface area contributed by atoms with Crippen LogP contribution in [0.5, 0.6) is 11.5 Å². The predicted molar refractivity (Wildman–Crippen MR) is 98.5 cm³/mol. The summed E-state index contributed by atoms with van der Waals surface area (Å²) in [5.74, 6) is -0.638. The van der Waals surface area contributed by atoms with Crippen molar-refractivity contribution < 1.29 is 33.4 Å². The highest BCUT2D eigenvalue weighted by molar-refractivity contribution is 6.09. The first-order chi connectivity index (χ1) is 13.9. The van der Waals surface area contributed by atoms with Gasteiger partial charge in [0.15, 0.2) is 23.9 Å². The smallest absolute Gasteiger partial charge is 0.326 e. The maximum Gasteiger partial charge on any atom is 0.326 e. The van der Waals surface area contributed by atoms with E-state index in [9.17, 15) is 19.2 Å². The Morgan fingerprint density at radius 3 is 2.83 bits per heavy atom. The van der Waals surface area contributed by atoms with Crippen molar-refractivity contribution in [3.05, 3.63) is 23.8 Å². The lowest BCUT2D eigenvalue weighted by Crippen LogP contribution is -2.54. The Morgan fingerprint density at radius 2 is 2.03 bits per heavy atom. The van der Waals surface area contributed by atoms with Gasteiger partial charge >= 0.3 is 12.0 Å². The number of nitrogens with zero attached hydrogens (tertiary/aromatic N) is 1. The minimum absolute atomic E-state index is 0.00121. The van der Waals surface area contributed by atoms with Gasteiger partial charge in [-0.15, -0.1) is 0 Å². The molecule has 9 heteroatoms. The molecule has 2 heterocycles. The van der Waals surface area contributed by atoms with Crippen molar-refractivity contribution >= 4 is 23.7 Å². The molecule has 1 aliphatic carbocycles. The maximum absolute atomic E-state index is 12.8. The first-order valence-corrected chi connectivity index (χ1v) is 9.63. The third kappa shape index (κ3) is 3.41. The van der Waals surface area contributed by atoms with Crippen LogP contribution in [0.2, 0.25) is 0 Å². The summed E-state index contributed by atoms with van der Waals surface area (Å²) in [6, 6.07) is 4.08. The zero-order chi connectivity index (χ0) is 20.6. The number of urea groups is 1. The van der Waals surface area contributed by atoms with Gasteiger partial charge < -0.3 is 19.5 Å². The molecular weight excluding hydrogens is 380 g/mol. The molecule has 0 bridgehead atoms. The molecular formula is C20H22N2O7. The average Bonchev–Trinajstić information content (AvgIpc) is 3.27. The molecule has 3 aliphatic rings. The van der Waals surface area contributed by atoms with Crippen molar-refractivity contribution in [3.63, 3.8) is 0 Å². The van der Waals surface area contributed by atoms with Crippen molar-refractivity contribution in [2.75, 3.05) is 19.9 Å². The summed E-state index contributed by atoms with van der Waals surface area (Å²) in [6.45, 7) is 1.01. The lowest BCUT2D eigenvalue weighted by atomic mass is 9.73. The molecule has 29 heavy (non-hydrogen) atoms. The van der Waals surface area contributed by atoms with Crippen LogP contribution in [0.15, 0.2) is 18.2 Å². The van der Waals surface area contributed by atoms with Crippen LogP contribution < -0.4 is 14.8 Å². The third-order valence-electron chi connectivity index (χ3n) is 5.85. The zero-order valence-electron chi connectivity index (χ0n) is 16.1. The van der Waals surface area contributed by atoms with Crippen LogP contribution in [0.4, 0.5) is 4.79 Å². The number of hydrogen-bond donors (Lipinski definition) is 1. The Balaban J connectivity index is 1.34. The quantitative estimate of drug-likeness (QED) is 0.453. The molecule has 9 nitrogen and oxygen atoms in total. The number of amides is 3. The number of rotatable bonds is 5. The van der Waals surface area contributed by atoms with Gasteiger partial charge in [0.05, 0.1) is 0 Å². The number of nitrogens with one attached hydrogen (secondary N) is 1. The second-order valence-corrected chi connectivity index (χ2v) is 7.59. The molecule has 1 aromatic rings. The van der Waals surface area contributed by atoms with Crippen molar-refractivity contribution in [1.29, 1.82) is 0 Å². The lowest BCUT2D eigenvalue weighted by Gasteiger charge is -2.36. The lowest BCUT2D eigenvalue weighted by molar-refractivity contribution is -0.147. The molecule has 0 radical (unpaired) electrons. The summed E-state index contributed by atoms with van der Waals surface area (Å²) in [5, 5.41) is 2.78. The Morgan fingerprint density at radius 1 is 1.24 bits per heavy atom. The van der Waals surface area contributed by atoms with Crippen LogP contribution in [0.1, 0.15) is 43.0 Å². The highest BCUT2D eigenvalue weighted by atomic mass is 16.7. The molecule has 1 saturated carbocycles. The van der Waals surface area contributed by atoms with Crippen LogP contribution >= 0.6 is 0 Å². The Kier molecular flexibility index (Phi) is 4.89. The fraction of sp³-hybridized carbons (Fsp3) is 0.500. The summed E-state index contributed by atoms with van der Waals surface area (Å²) in [5.41, 5.74) is -0.621. The molecule has 2 atom stereocenters. The topological polar surface area (TPSA) is 111 Å². The van der Waals surface area contributed by atoms with Crippen LogP contribution in [0.25, 0.3) is 0 Å². The summed E-state index contributed by atoms with van der Waals surface area (Å²) >= 11 is 0. The summed E-state index contributed by atoms with van der Waals surface area (Å²) in [6.07, 6.45) is 3.26. The first kappa shape index (κ1) is 19.2. The zero-order valence-corrected chi connectivity index (χ0v) is 16.1. The van der Waals surface area contributed by atoms with E-state index in [1.165, 1.54) is 6.07 Å². The maximum atomic E-state index is 12.8. The number of benzene rings is 1. The number of imide groups is 1. The minimum atomic E-state index is -0.933. The molecule has 1 saturated heterocycles. The molecule has 1 aromatic carbocycles. The Bertz CT molecular complexity index is 884. The van der Waals surface area contributed by atoms with Crippen LogP contribution in [-0.2, 0) is 14.3 Å². The number of ether oxygens (including phenoxy) is 3. The normalized spacial score (nSPS) is 25.3. The van der Waals surface area contributed by atoms with Crippen LogP contribution in [-0.4, -0.2) is 54.1 Å². The molecule has 0 unspecified atom stereocenters. The standard InChI is InChI=1S/C20H22N2O7/c1-12-4-2-3-7-20(12)18(25)22(19(26)21-20)9-17(24)27-10-14(23)13-5-6-15-16(8-13)29-11-28-15/h5-6,8,12H,2-4,7,9-11H2,1H3,(H,21,26)/t12-,20-/m1/s1. The summed E-state index contributed by atoms with van der Waals surface area (Å²) < 4.78 is 15.4. The summed E-state index contributed by atoms with van der Waals surface area (Å²) in [4.78, 5) is 50.5. The van der Waals surface area contributed by atoms with Gasteiger partial charge in [-0.05, 0) is 37.0 Å². The number of Topliss-reactive ketones (excluding diaryl/α,β-unsaturated/α-hetero) is 1. The molecule has 4 rings (SSSR count). The van der Waals surface area contributed by atoms with E-state index in [1.54, 1.807) is 12.1 Å². The molecule has 2 fully saturated rings. The number of esters is 1. The molecule has 1 N–H and O–H groups in total. The average molecular weight is 402 g/mol. The van der Waals surface area contributed by atoms with E-state index in [1.807, 2.05) is 6.92 Å². The Hall–Kier alpha value is -3.10. The second-order valence-electron chi connectivity index (χ2n) is 7.59. The van der Waals surface area contributed by atoms with Gasteiger partial charge in [0.25, 0.3) is 5.91 Å². The predicted octanol–water partition coefficient (Wildman–Crippen LogP) is 1.64. The fourth-order valence-corrected chi connectivity index (χ4v) is 4.11. The monoisotopic (exact) mass is 402 g/mol. The highest BCUT2D eigenvalue weighted by Crippen LogP contribution is 2.38. The largest absolute Gasteiger partial charge is 0.456 e. The van der Waals surface area contributed by atoms with Crippen molar-refractivity contribution in [3.8, 4) is 11.5 Å². The summed E-state index contributed by atoms with van der Waals surface area (Å²) in [7, 11) is 0. The number of carbonyl (C=O) groups excluding carboxylic acids is 4. The van der Waals surface area contributed by atoms with E-state index < -0.39 is 42.4 Å². The number of hydrogen-bond acceptors (Lipinski definition) is 7. The molecule has 154 valence electrons. The van der Waals surface area contributed by atoms with E-state index in [0.29, 0.717) is 23.5 Å². The van der Waals surface area contributed by atoms with Gasteiger partial charge in [-0.1, -0.05) is 19.8 Å². The fourth-order valence-electron chi connectivity index (χ4n) is 4.11. The van der Waals surface area contributed by atoms with Crippen molar-refractivity contribution in [1.82, 2.24) is 10.2 Å². The van der Waals surface area contributed by atoms with Crippen molar-refractivity contribution in [2.45, 2.75) is 38.1 Å². The Labute approximate surface area is 167 Å². The van der Waals surface area contributed by atoms with E-state index in [-0.39, 0.29) is 12.7 Å². The van der Waals surface area contributed by atoms with E-state index in [0.717, 1.165) is 24.2 Å². The second kappa shape index (κ2) is 7.38. The van der Waals surface area contributed by atoms with Gasteiger partial charge in [-0.25, -0.2) is 4.79 Å². The van der Waals surface area contributed by atoms with E-state index in [4.69, 9.17) is 14.2 Å². The van der Waals surface area contributed by atoms with Gasteiger partial charge in [0.1, 0.15) is 12.1 Å². The third-order valence-corrected chi connectivity index (χ3v) is 5.85. The highest BCUT2D eigenvalue weighted by Gasteiger charge is 2.55. The van der Waals surface area contributed by atoms with Gasteiger partial charge in [0.2, 0.25) is 6.79 Å². The molecule has 1 spiro atoms. The number of fused-ring (bicyclic) bond motifs is 1. The molecule has 3 amide bonds. The minimum Gasteiger partial charge on any atom is -0.456 e. The number of carbonyl (C=O) groups is 4. The van der Waals surface area contributed by atoms with E-state index in [2.05, 4.69) is 5.32 Å². The van der Waals surface area contributed by atoms with Gasteiger partial charge in [0, 0.05) is 5.56 Å². The van der Waals surface area contributed by atoms with E-state index >= 15 is 0 Å². The van der Waals surface area contributed by atoms with Crippen molar-refractivity contribution in [2.24, 2.45) is 5.92 Å². The molecule has 0 aromatic heterocycles.